The highest BCUT2D eigenvalue weighted by atomic mass is 32.2. The van der Waals surface area contributed by atoms with E-state index in [9.17, 15) is 13.2 Å². The normalized spacial score (nSPS) is 12.1. The average Bonchev–Trinajstić information content (AvgIpc) is 2.78. The first-order valence-electron chi connectivity index (χ1n) is 9.89. The number of hydrogen-bond donors (Lipinski definition) is 1. The standard InChI is InChI=1S/C24H26N2O4S/c1-18-9-11-21(12-10-18)26(31(28,29)23-15-13-22(30-3)14-16-23)17-24(27)25-19(2)20-7-5-4-6-8-20/h4-16,19H,17H2,1-3H3,(H,25,27). The molecule has 6 nitrogen and oxygen atoms in total. The molecule has 162 valence electrons. The van der Waals surface area contributed by atoms with Gasteiger partial charge in [0, 0.05) is 0 Å². The van der Waals surface area contributed by atoms with Crippen LogP contribution in [0.2, 0.25) is 0 Å². The Hall–Kier alpha value is -3.32. The molecule has 0 aliphatic heterocycles. The van der Waals surface area contributed by atoms with Crippen LogP contribution in [0.1, 0.15) is 24.1 Å². The number of hydrogen-bond acceptors (Lipinski definition) is 4. The van der Waals surface area contributed by atoms with Crippen molar-refractivity contribution in [3.63, 3.8) is 0 Å². The summed E-state index contributed by atoms with van der Waals surface area (Å²) in [5.74, 6) is 0.157. The summed E-state index contributed by atoms with van der Waals surface area (Å²) in [4.78, 5) is 12.9. The minimum absolute atomic E-state index is 0.0813. The third kappa shape index (κ3) is 5.44. The number of carbonyl (C=O) groups excluding carboxylic acids is 1. The lowest BCUT2D eigenvalue weighted by Gasteiger charge is -2.25. The predicted octanol–water partition coefficient (Wildman–Crippen LogP) is 4.08. The molecule has 0 radical (unpaired) electrons. The second-order valence-corrected chi connectivity index (χ2v) is 9.08. The first-order valence-corrected chi connectivity index (χ1v) is 11.3. The van der Waals surface area contributed by atoms with Crippen LogP contribution in [0.4, 0.5) is 5.69 Å². The van der Waals surface area contributed by atoms with Crippen molar-refractivity contribution in [2.45, 2.75) is 24.8 Å². The van der Waals surface area contributed by atoms with Crippen LogP contribution in [0.5, 0.6) is 5.75 Å². The highest BCUT2D eigenvalue weighted by molar-refractivity contribution is 7.92. The van der Waals surface area contributed by atoms with E-state index in [1.807, 2.05) is 56.3 Å². The molecular weight excluding hydrogens is 412 g/mol. The number of anilines is 1. The largest absolute Gasteiger partial charge is 0.497 e. The van der Waals surface area contributed by atoms with Gasteiger partial charge in [0.2, 0.25) is 5.91 Å². The summed E-state index contributed by atoms with van der Waals surface area (Å²) in [6, 6.07) is 22.4. The Morgan fingerprint density at radius 2 is 1.58 bits per heavy atom. The first kappa shape index (κ1) is 22.4. The van der Waals surface area contributed by atoms with Crippen LogP contribution >= 0.6 is 0 Å². The van der Waals surface area contributed by atoms with E-state index < -0.39 is 15.9 Å². The topological polar surface area (TPSA) is 75.7 Å². The van der Waals surface area contributed by atoms with E-state index in [0.717, 1.165) is 15.4 Å². The molecule has 0 heterocycles. The lowest BCUT2D eigenvalue weighted by molar-refractivity contribution is -0.120. The highest BCUT2D eigenvalue weighted by Crippen LogP contribution is 2.25. The van der Waals surface area contributed by atoms with Crippen LogP contribution in [0, 0.1) is 6.92 Å². The number of nitrogens with zero attached hydrogens (tertiary/aromatic N) is 1. The van der Waals surface area contributed by atoms with E-state index >= 15 is 0 Å². The van der Waals surface area contributed by atoms with Crippen molar-refractivity contribution in [1.29, 1.82) is 0 Å². The molecule has 1 unspecified atom stereocenters. The van der Waals surface area contributed by atoms with Crippen LogP contribution in [0.3, 0.4) is 0 Å². The monoisotopic (exact) mass is 438 g/mol. The van der Waals surface area contributed by atoms with Crippen molar-refractivity contribution in [3.05, 3.63) is 90.0 Å². The Kier molecular flexibility index (Phi) is 6.97. The molecule has 0 aromatic heterocycles. The molecule has 7 heteroatoms. The van der Waals surface area contributed by atoms with Gasteiger partial charge in [-0.25, -0.2) is 8.42 Å². The molecule has 0 aliphatic rings. The van der Waals surface area contributed by atoms with E-state index in [0.29, 0.717) is 11.4 Å². The fourth-order valence-corrected chi connectivity index (χ4v) is 4.56. The number of aryl methyl sites for hydroxylation is 1. The van der Waals surface area contributed by atoms with Gasteiger partial charge in [0.05, 0.1) is 23.7 Å². The Balaban J connectivity index is 1.89. The molecule has 0 fully saturated rings. The molecule has 3 rings (SSSR count). The minimum atomic E-state index is -3.97. The summed E-state index contributed by atoms with van der Waals surface area (Å²) in [5, 5.41) is 2.88. The Morgan fingerprint density at radius 1 is 0.968 bits per heavy atom. The summed E-state index contributed by atoms with van der Waals surface area (Å²) >= 11 is 0. The molecule has 31 heavy (non-hydrogen) atoms. The van der Waals surface area contributed by atoms with E-state index in [-0.39, 0.29) is 17.5 Å². The molecule has 3 aromatic rings. The number of amides is 1. The van der Waals surface area contributed by atoms with Gasteiger partial charge in [-0.15, -0.1) is 0 Å². The van der Waals surface area contributed by atoms with Gasteiger partial charge in [-0.2, -0.15) is 0 Å². The Bertz CT molecular complexity index is 1110. The summed E-state index contributed by atoms with van der Waals surface area (Å²) in [5.41, 5.74) is 2.35. The van der Waals surface area contributed by atoms with Crippen LogP contribution in [0.25, 0.3) is 0 Å². The molecule has 0 bridgehead atoms. The van der Waals surface area contributed by atoms with E-state index in [4.69, 9.17) is 4.74 Å². The Morgan fingerprint density at radius 3 is 2.16 bits per heavy atom. The van der Waals surface area contributed by atoms with Crippen molar-refractivity contribution >= 4 is 21.6 Å². The number of nitrogens with one attached hydrogen (secondary N) is 1. The van der Waals surface area contributed by atoms with Crippen molar-refractivity contribution in [3.8, 4) is 5.75 Å². The van der Waals surface area contributed by atoms with Gasteiger partial charge >= 0.3 is 0 Å². The summed E-state index contributed by atoms with van der Waals surface area (Å²) < 4.78 is 33.1. The maximum atomic E-state index is 13.4. The van der Waals surface area contributed by atoms with Gasteiger partial charge < -0.3 is 10.1 Å². The predicted molar refractivity (Wildman–Crippen MR) is 122 cm³/mol. The SMILES string of the molecule is COc1ccc(S(=O)(=O)N(CC(=O)NC(C)c2ccccc2)c2ccc(C)cc2)cc1. The summed E-state index contributed by atoms with van der Waals surface area (Å²) in [6.45, 7) is 3.44. The number of methoxy groups -OCH3 is 1. The van der Waals surface area contributed by atoms with Gasteiger partial charge in [0.15, 0.2) is 0 Å². The molecule has 0 saturated heterocycles. The molecule has 0 saturated carbocycles. The molecular formula is C24H26N2O4S. The highest BCUT2D eigenvalue weighted by Gasteiger charge is 2.27. The van der Waals surface area contributed by atoms with Gasteiger partial charge in [0.25, 0.3) is 10.0 Å². The van der Waals surface area contributed by atoms with E-state index in [1.165, 1.54) is 19.2 Å². The van der Waals surface area contributed by atoms with Crippen LogP contribution in [-0.4, -0.2) is 28.0 Å². The molecule has 1 N–H and O–H groups in total. The minimum Gasteiger partial charge on any atom is -0.497 e. The molecule has 0 spiro atoms. The average molecular weight is 439 g/mol. The van der Waals surface area contributed by atoms with Crippen molar-refractivity contribution in [1.82, 2.24) is 5.32 Å². The number of benzene rings is 3. The molecule has 0 aliphatic carbocycles. The zero-order valence-electron chi connectivity index (χ0n) is 17.8. The second kappa shape index (κ2) is 9.66. The molecule has 3 aromatic carbocycles. The third-order valence-electron chi connectivity index (χ3n) is 4.93. The van der Waals surface area contributed by atoms with Gasteiger partial charge in [-0.1, -0.05) is 48.0 Å². The quantitative estimate of drug-likeness (QED) is 0.575. The number of ether oxygens (including phenoxy) is 1. The van der Waals surface area contributed by atoms with Crippen LogP contribution in [-0.2, 0) is 14.8 Å². The maximum absolute atomic E-state index is 13.4. The van der Waals surface area contributed by atoms with E-state index in [1.54, 1.807) is 24.3 Å². The van der Waals surface area contributed by atoms with Crippen LogP contribution < -0.4 is 14.4 Å². The zero-order chi connectivity index (χ0) is 22.4. The van der Waals surface area contributed by atoms with Crippen LogP contribution in [0.15, 0.2) is 83.8 Å². The molecule has 1 amide bonds. The number of sulfonamides is 1. The van der Waals surface area contributed by atoms with Crippen molar-refractivity contribution in [2.24, 2.45) is 0 Å². The van der Waals surface area contributed by atoms with Gasteiger partial charge in [0.1, 0.15) is 12.3 Å². The van der Waals surface area contributed by atoms with E-state index in [2.05, 4.69) is 5.32 Å². The van der Waals surface area contributed by atoms with Crippen molar-refractivity contribution < 1.29 is 17.9 Å². The fourth-order valence-electron chi connectivity index (χ4n) is 3.14. The maximum Gasteiger partial charge on any atom is 0.264 e. The number of carbonyl (C=O) groups is 1. The second-order valence-electron chi connectivity index (χ2n) is 7.22. The first-order chi connectivity index (χ1) is 14.8. The van der Waals surface area contributed by atoms with Gasteiger partial charge in [-0.05, 0) is 55.8 Å². The summed E-state index contributed by atoms with van der Waals surface area (Å²) in [7, 11) is -2.46. The zero-order valence-corrected chi connectivity index (χ0v) is 18.6. The van der Waals surface area contributed by atoms with Gasteiger partial charge in [-0.3, -0.25) is 9.10 Å². The number of rotatable bonds is 8. The Labute approximate surface area is 183 Å². The smallest absolute Gasteiger partial charge is 0.264 e. The fraction of sp³-hybridized carbons (Fsp3) is 0.208. The van der Waals surface area contributed by atoms with Crippen molar-refractivity contribution in [2.75, 3.05) is 18.0 Å². The third-order valence-corrected chi connectivity index (χ3v) is 6.72. The lowest BCUT2D eigenvalue weighted by atomic mass is 10.1. The lowest BCUT2D eigenvalue weighted by Crippen LogP contribution is -2.41. The molecule has 1 atom stereocenters. The summed E-state index contributed by atoms with van der Waals surface area (Å²) in [6.07, 6.45) is 0.